The third-order valence-corrected chi connectivity index (χ3v) is 19.6. The standard InChI is InChI=1S/C39H51N5O4.C38H47N5O4/c1-7-37(45)43-17-9-10-32(25-43)44(8-2)36-22-31(30-13-11-29(12-14-30)24-42-18-15-33(48-6)16-19-42)21-34(28(36)5)38(46)40-23-35-26(3)20-27(4)41-39(35)47;1-6-8-36(44)42-15-13-32(14-16-42)43(7-2)35-23-31(30-11-9-29(10-12-30)25-41-17-19-47-20-18-41)22-33(28(35)5)37(45)39-24-34-26(3)21-27(4)40-38(34)46/h7,11-14,20-22,32-33H,1,8-10,15-19,23-25H2,2-6H3,(H,40,46)(H,41,47);1,9-12,21-23,32H,7-8,13-20,24-25H2,2-5H3,(H,39,45)(H,40,46). The Morgan fingerprint density at radius 2 is 1.09 bits per heavy atom. The van der Waals surface area contributed by atoms with Gasteiger partial charge in [-0.2, -0.15) is 0 Å². The van der Waals surface area contributed by atoms with Gasteiger partial charge in [0.05, 0.1) is 25.7 Å². The number of likely N-dealkylation sites (tertiary alicyclic amines) is 3. The first kappa shape index (κ1) is 70.7. The maximum atomic E-state index is 13.9. The number of terminal acetylenes is 1. The number of carbonyl (C=O) groups excluding carboxylic acids is 4. The van der Waals surface area contributed by atoms with Gasteiger partial charge in [0.25, 0.3) is 22.9 Å². The van der Waals surface area contributed by atoms with Crippen LogP contribution in [0.4, 0.5) is 11.4 Å². The monoisotopic (exact) mass is 1290 g/mol. The summed E-state index contributed by atoms with van der Waals surface area (Å²) in [4.78, 5) is 97.2. The number of aromatic amines is 2. The third-order valence-electron chi connectivity index (χ3n) is 19.6. The summed E-state index contributed by atoms with van der Waals surface area (Å²) in [5.41, 5.74) is 15.4. The molecule has 0 bridgehead atoms. The Hall–Kier alpha value is -8.60. The summed E-state index contributed by atoms with van der Waals surface area (Å²) in [5.74, 6) is 1.97. The molecular weight excluding hydrogens is 1190 g/mol. The summed E-state index contributed by atoms with van der Waals surface area (Å²) in [6.07, 6.45) is 12.9. The van der Waals surface area contributed by atoms with E-state index in [1.807, 2.05) is 75.6 Å². The summed E-state index contributed by atoms with van der Waals surface area (Å²) in [6, 6.07) is 29.7. The third kappa shape index (κ3) is 17.9. The number of nitrogens with zero attached hydrogens (tertiary/aromatic N) is 6. The SMILES string of the molecule is C#CCC(=O)N1CCC(N(CC)c2cc(-c3ccc(CN4CCOCC4)cc3)cc(C(=O)NCc3c(C)cc(C)[nH]c3=O)c2C)CC1.C=CC(=O)N1CCCC(N(CC)c2cc(-c3ccc(CN4CCC(OC)CC4)cc3)cc(C(=O)NCc3c(C)cc(C)[nH]c3=O)c2C)C1. The predicted octanol–water partition coefficient (Wildman–Crippen LogP) is 10.1. The van der Waals surface area contributed by atoms with Crippen LogP contribution in [0.15, 0.2) is 107 Å². The lowest BCUT2D eigenvalue weighted by Gasteiger charge is -2.41. The number of benzene rings is 4. The Morgan fingerprint density at radius 1 is 0.621 bits per heavy atom. The molecular formula is C77H98N10O8. The van der Waals surface area contributed by atoms with Gasteiger partial charge < -0.3 is 49.7 Å². The first-order chi connectivity index (χ1) is 45.8. The minimum Gasteiger partial charge on any atom is -0.381 e. The number of rotatable bonds is 21. The van der Waals surface area contributed by atoms with E-state index in [0.717, 1.165) is 178 Å². The number of methoxy groups -OCH3 is 1. The molecule has 4 aliphatic rings. The lowest BCUT2D eigenvalue weighted by molar-refractivity contribution is -0.131. The fraction of sp³-hybridized carbons (Fsp3) is 0.455. The first-order valence-electron chi connectivity index (χ1n) is 33.9. The van der Waals surface area contributed by atoms with Crippen molar-refractivity contribution in [2.75, 3.05) is 95.6 Å². The molecule has 18 heteroatoms. The van der Waals surface area contributed by atoms with Gasteiger partial charge in [-0.25, -0.2) is 0 Å². The van der Waals surface area contributed by atoms with Crippen LogP contribution in [0, 0.1) is 53.9 Å². The van der Waals surface area contributed by atoms with Gasteiger partial charge in [-0.15, -0.1) is 6.42 Å². The summed E-state index contributed by atoms with van der Waals surface area (Å²) < 4.78 is 11.0. The zero-order valence-electron chi connectivity index (χ0n) is 57.4. The number of piperidine rings is 3. The topological polar surface area (TPSA) is 196 Å². The van der Waals surface area contributed by atoms with Gasteiger partial charge in [-0.1, -0.05) is 61.0 Å². The maximum Gasteiger partial charge on any atom is 0.253 e. The smallest absolute Gasteiger partial charge is 0.253 e. The van der Waals surface area contributed by atoms with Gasteiger partial charge in [0.15, 0.2) is 0 Å². The second kappa shape index (κ2) is 33.2. The van der Waals surface area contributed by atoms with Gasteiger partial charge in [-0.05, 0) is 192 Å². The summed E-state index contributed by atoms with van der Waals surface area (Å²) in [6.45, 7) is 31.0. The number of aromatic nitrogens is 2. The Labute approximate surface area is 561 Å². The Kier molecular flexibility index (Phi) is 24.7. The second-order valence-corrected chi connectivity index (χ2v) is 25.9. The number of anilines is 2. The maximum absolute atomic E-state index is 13.9. The molecule has 4 aliphatic heterocycles. The molecule has 4 fully saturated rings. The first-order valence-corrected chi connectivity index (χ1v) is 33.9. The molecule has 6 heterocycles. The number of carbonyl (C=O) groups is 4. The van der Waals surface area contributed by atoms with Crippen LogP contribution in [-0.4, -0.2) is 157 Å². The number of morpholine rings is 1. The van der Waals surface area contributed by atoms with E-state index >= 15 is 0 Å². The molecule has 4 amide bonds. The zero-order valence-corrected chi connectivity index (χ0v) is 57.4. The zero-order chi connectivity index (χ0) is 67.9. The number of hydrogen-bond acceptors (Lipinski definition) is 12. The van der Waals surface area contributed by atoms with E-state index in [4.69, 9.17) is 15.9 Å². The fourth-order valence-electron chi connectivity index (χ4n) is 14.1. The molecule has 0 aliphatic carbocycles. The number of aryl methyl sites for hydroxylation is 4. The number of likely N-dealkylation sites (N-methyl/N-ethyl adjacent to an activating group) is 1. The van der Waals surface area contributed by atoms with Crippen LogP contribution in [0.5, 0.6) is 0 Å². The van der Waals surface area contributed by atoms with Crippen molar-refractivity contribution >= 4 is 35.0 Å². The summed E-state index contributed by atoms with van der Waals surface area (Å²) >= 11 is 0. The molecule has 1 atom stereocenters. The van der Waals surface area contributed by atoms with E-state index < -0.39 is 0 Å². The van der Waals surface area contributed by atoms with E-state index in [0.29, 0.717) is 48.0 Å². The summed E-state index contributed by atoms with van der Waals surface area (Å²) in [7, 11) is 1.80. The molecule has 2 aromatic heterocycles. The fourth-order valence-corrected chi connectivity index (χ4v) is 14.1. The molecule has 0 spiro atoms. The largest absolute Gasteiger partial charge is 0.381 e. The highest BCUT2D eigenvalue weighted by Crippen LogP contribution is 2.37. The lowest BCUT2D eigenvalue weighted by atomic mass is 9.94. The Balaban J connectivity index is 0.000000223. The molecule has 0 radical (unpaired) electrons. The van der Waals surface area contributed by atoms with Gasteiger partial charge in [0.1, 0.15) is 0 Å². The Morgan fingerprint density at radius 3 is 1.54 bits per heavy atom. The van der Waals surface area contributed by atoms with Gasteiger partial charge in [0.2, 0.25) is 11.8 Å². The van der Waals surface area contributed by atoms with Crippen molar-refractivity contribution in [1.29, 1.82) is 0 Å². The Bertz CT molecular complexity index is 3850. The quantitative estimate of drug-likeness (QED) is 0.0394. The van der Waals surface area contributed by atoms with Crippen LogP contribution in [0.2, 0.25) is 0 Å². The molecule has 10 rings (SSSR count). The van der Waals surface area contributed by atoms with Crippen LogP contribution in [0.25, 0.3) is 22.3 Å². The van der Waals surface area contributed by atoms with Crippen molar-refractivity contribution in [3.63, 3.8) is 0 Å². The number of amides is 4. The van der Waals surface area contributed by atoms with Crippen LogP contribution in [0.3, 0.4) is 0 Å². The van der Waals surface area contributed by atoms with Crippen molar-refractivity contribution < 1.29 is 28.7 Å². The van der Waals surface area contributed by atoms with Crippen molar-refractivity contribution in [3.05, 3.63) is 185 Å². The van der Waals surface area contributed by atoms with Crippen LogP contribution in [0.1, 0.15) is 135 Å². The highest BCUT2D eigenvalue weighted by atomic mass is 16.5. The predicted molar refractivity (Wildman–Crippen MR) is 379 cm³/mol. The van der Waals surface area contributed by atoms with E-state index in [9.17, 15) is 28.8 Å². The molecule has 0 saturated carbocycles. The van der Waals surface area contributed by atoms with Crippen molar-refractivity contribution in [1.82, 2.24) is 40.2 Å². The number of hydrogen-bond donors (Lipinski definition) is 4. The minimum absolute atomic E-state index is 0.00542. The molecule has 6 aromatic rings. The summed E-state index contributed by atoms with van der Waals surface area (Å²) in [5, 5.41) is 6.07. The lowest BCUT2D eigenvalue weighted by Crippen LogP contribution is -2.50. The van der Waals surface area contributed by atoms with Crippen LogP contribution >= 0.6 is 0 Å². The van der Waals surface area contributed by atoms with Gasteiger partial charge >= 0.3 is 0 Å². The second-order valence-electron chi connectivity index (χ2n) is 25.9. The van der Waals surface area contributed by atoms with Crippen molar-refractivity contribution in [3.8, 4) is 34.6 Å². The average molecular weight is 1290 g/mol. The molecule has 1 unspecified atom stereocenters. The molecule has 95 heavy (non-hydrogen) atoms. The highest BCUT2D eigenvalue weighted by Gasteiger charge is 2.31. The van der Waals surface area contributed by atoms with E-state index in [-0.39, 0.29) is 66.3 Å². The van der Waals surface area contributed by atoms with E-state index in [2.05, 4.69) is 127 Å². The minimum atomic E-state index is -0.228. The van der Waals surface area contributed by atoms with Crippen molar-refractivity contribution in [2.24, 2.45) is 0 Å². The van der Waals surface area contributed by atoms with Crippen LogP contribution in [-0.2, 0) is 45.2 Å². The average Bonchev–Trinajstić information content (AvgIpc) is 0.796. The molecule has 4 N–H and O–H groups in total. The molecule has 4 saturated heterocycles. The number of H-pyrrole nitrogens is 2. The van der Waals surface area contributed by atoms with Gasteiger partial charge in [-0.3, -0.25) is 38.6 Å². The number of nitrogens with one attached hydrogen (secondary N) is 4. The molecule has 504 valence electrons. The normalized spacial score (nSPS) is 16.5. The number of ether oxygens (including phenoxy) is 2. The number of pyridine rings is 2. The molecule has 4 aromatic carbocycles. The van der Waals surface area contributed by atoms with Crippen LogP contribution < -0.4 is 31.6 Å². The van der Waals surface area contributed by atoms with E-state index in [1.165, 1.54) is 17.2 Å². The van der Waals surface area contributed by atoms with Gasteiger partial charge in [0, 0.05) is 156 Å². The molecule has 18 nitrogen and oxygen atoms in total. The van der Waals surface area contributed by atoms with E-state index in [1.54, 1.807) is 7.11 Å². The van der Waals surface area contributed by atoms with Crippen molar-refractivity contribution in [2.45, 2.75) is 145 Å². The highest BCUT2D eigenvalue weighted by molar-refractivity contribution is 6.00.